The van der Waals surface area contributed by atoms with Crippen LogP contribution in [0.25, 0.3) is 22.1 Å². The van der Waals surface area contributed by atoms with Crippen LogP contribution in [-0.4, -0.2) is 115 Å². The largest absolute Gasteiger partial charge is 0.377 e. The fourth-order valence-corrected chi connectivity index (χ4v) is 5.37. The summed E-state index contributed by atoms with van der Waals surface area (Å²) >= 11 is 0. The predicted molar refractivity (Wildman–Crippen MR) is 171 cm³/mol. The van der Waals surface area contributed by atoms with E-state index in [0.29, 0.717) is 106 Å². The number of hydrogen-bond acceptors (Lipinski definition) is 8. The first kappa shape index (κ1) is 34.4. The molecule has 4 bridgehead atoms. The molecular formula is C34H50N4O8+2. The minimum atomic E-state index is 0.534. The van der Waals surface area contributed by atoms with Crippen molar-refractivity contribution in [1.29, 1.82) is 0 Å². The van der Waals surface area contributed by atoms with Crippen LogP contribution in [-0.2, 0) is 64.1 Å². The Bertz CT molecular complexity index is 1200. The van der Waals surface area contributed by atoms with E-state index in [1.807, 2.05) is 0 Å². The Kier molecular flexibility index (Phi) is 15.2. The average molecular weight is 643 g/mol. The van der Waals surface area contributed by atoms with E-state index in [9.17, 15) is 0 Å². The molecule has 5 rings (SSSR count). The molecule has 0 saturated carbocycles. The van der Waals surface area contributed by atoms with Gasteiger partial charge in [-0.3, -0.25) is 0 Å². The molecule has 4 aromatic rings. The van der Waals surface area contributed by atoms with Crippen molar-refractivity contribution in [1.82, 2.24) is 9.13 Å². The lowest BCUT2D eigenvalue weighted by molar-refractivity contribution is -0.674. The maximum Gasteiger partial charge on any atom is 0.244 e. The quantitative estimate of drug-likeness (QED) is 0.269. The molecule has 252 valence electrons. The van der Waals surface area contributed by atoms with Gasteiger partial charge in [0.2, 0.25) is 12.7 Å². The van der Waals surface area contributed by atoms with Crippen LogP contribution in [0.2, 0.25) is 0 Å². The first-order chi connectivity index (χ1) is 22.9. The van der Waals surface area contributed by atoms with E-state index in [1.54, 1.807) is 0 Å². The second-order valence-corrected chi connectivity index (χ2v) is 10.9. The Hall–Kier alpha value is -2.94. The zero-order valence-corrected chi connectivity index (χ0v) is 27.0. The summed E-state index contributed by atoms with van der Waals surface area (Å²) in [5.41, 5.74) is 4.71. The van der Waals surface area contributed by atoms with Crippen molar-refractivity contribution in [3.8, 4) is 0 Å². The summed E-state index contributed by atoms with van der Waals surface area (Å²) in [5, 5.41) is 0. The molecule has 0 aliphatic carbocycles. The number of para-hydroxylation sites is 4. The van der Waals surface area contributed by atoms with E-state index >= 15 is 0 Å². The highest BCUT2D eigenvalue weighted by molar-refractivity contribution is 5.72. The molecular weight excluding hydrogens is 592 g/mol. The Balaban J connectivity index is 1.05. The van der Waals surface area contributed by atoms with Gasteiger partial charge in [-0.2, -0.15) is 0 Å². The highest BCUT2D eigenvalue weighted by Crippen LogP contribution is 2.12. The maximum absolute atomic E-state index is 5.84. The fraction of sp³-hybridized carbons (Fsp3) is 0.588. The number of hydrogen-bond donors (Lipinski definition) is 0. The summed E-state index contributed by atoms with van der Waals surface area (Å²) < 4.78 is 54.9. The van der Waals surface area contributed by atoms with Gasteiger partial charge in [0.15, 0.2) is 22.1 Å². The molecule has 0 atom stereocenters. The van der Waals surface area contributed by atoms with Crippen LogP contribution in [0.15, 0.2) is 61.2 Å². The van der Waals surface area contributed by atoms with Crippen LogP contribution < -0.4 is 9.13 Å². The monoisotopic (exact) mass is 642 g/mol. The molecule has 0 radical (unpaired) electrons. The van der Waals surface area contributed by atoms with Crippen molar-refractivity contribution in [3.63, 3.8) is 0 Å². The zero-order chi connectivity index (χ0) is 31.5. The van der Waals surface area contributed by atoms with E-state index in [0.717, 1.165) is 26.2 Å². The van der Waals surface area contributed by atoms with Crippen LogP contribution >= 0.6 is 0 Å². The van der Waals surface area contributed by atoms with Crippen molar-refractivity contribution >= 4 is 22.1 Å². The summed E-state index contributed by atoms with van der Waals surface area (Å²) in [7, 11) is 0. The summed E-state index contributed by atoms with van der Waals surface area (Å²) in [6.45, 7) is 12.0. The summed E-state index contributed by atoms with van der Waals surface area (Å²) in [6, 6.07) is 16.8. The maximum atomic E-state index is 5.84. The van der Waals surface area contributed by atoms with Gasteiger partial charge in [-0.1, -0.05) is 24.3 Å². The molecule has 2 aromatic heterocycles. The second-order valence-electron chi connectivity index (χ2n) is 10.9. The molecule has 46 heavy (non-hydrogen) atoms. The minimum absolute atomic E-state index is 0.534. The number of rotatable bonds is 0. The third-order valence-electron chi connectivity index (χ3n) is 7.70. The van der Waals surface area contributed by atoms with Gasteiger partial charge in [0.25, 0.3) is 0 Å². The van der Waals surface area contributed by atoms with Crippen molar-refractivity contribution in [2.45, 2.75) is 26.2 Å². The van der Waals surface area contributed by atoms with Crippen LogP contribution in [0.3, 0.4) is 0 Å². The molecule has 0 fully saturated rings. The van der Waals surface area contributed by atoms with Gasteiger partial charge in [0.1, 0.15) is 26.2 Å². The van der Waals surface area contributed by atoms with Gasteiger partial charge in [-0.05, 0) is 24.3 Å². The van der Waals surface area contributed by atoms with E-state index in [-0.39, 0.29) is 0 Å². The van der Waals surface area contributed by atoms with Crippen molar-refractivity contribution in [3.05, 3.63) is 61.2 Å². The minimum Gasteiger partial charge on any atom is -0.377 e. The van der Waals surface area contributed by atoms with E-state index in [4.69, 9.17) is 37.9 Å². The molecule has 2 aromatic carbocycles. The number of benzene rings is 2. The van der Waals surface area contributed by atoms with Crippen LogP contribution in [0, 0.1) is 0 Å². The Morgan fingerprint density at radius 3 is 1.04 bits per heavy atom. The molecule has 12 heteroatoms. The van der Waals surface area contributed by atoms with Crippen molar-refractivity contribution in [2.75, 3.05) is 106 Å². The van der Waals surface area contributed by atoms with E-state index in [2.05, 4.69) is 79.5 Å². The third-order valence-corrected chi connectivity index (χ3v) is 7.70. The van der Waals surface area contributed by atoms with Gasteiger partial charge in [-0.25, -0.2) is 18.3 Å². The normalized spacial score (nSPS) is 19.5. The summed E-state index contributed by atoms with van der Waals surface area (Å²) in [6.07, 6.45) is 4.27. The molecule has 12 nitrogen and oxygen atoms in total. The highest BCUT2D eigenvalue weighted by Gasteiger charge is 2.16. The van der Waals surface area contributed by atoms with Crippen LogP contribution in [0.4, 0.5) is 0 Å². The smallest absolute Gasteiger partial charge is 0.244 e. The number of imidazole rings is 2. The fourth-order valence-electron chi connectivity index (χ4n) is 5.37. The first-order valence-corrected chi connectivity index (χ1v) is 16.5. The highest BCUT2D eigenvalue weighted by atomic mass is 16.6. The zero-order valence-electron chi connectivity index (χ0n) is 27.0. The molecule has 0 saturated heterocycles. The SMILES string of the molecule is c1ccc2c(c1)n1c[n+]2CCOCCOCCOCCOCCn2c[n+](c3ccccc32)CCOCCOCCOCCOCC1. The summed E-state index contributed by atoms with van der Waals surface area (Å²) in [5.74, 6) is 0. The number of aromatic nitrogens is 4. The molecule has 0 N–H and O–H groups in total. The van der Waals surface area contributed by atoms with Gasteiger partial charge in [0, 0.05) is 0 Å². The molecule has 3 heterocycles. The Labute approximate surface area is 271 Å². The molecule has 1 aliphatic rings. The lowest BCUT2D eigenvalue weighted by atomic mass is 10.3. The van der Waals surface area contributed by atoms with E-state index < -0.39 is 0 Å². The Morgan fingerprint density at radius 2 is 0.674 bits per heavy atom. The first-order valence-electron chi connectivity index (χ1n) is 16.5. The van der Waals surface area contributed by atoms with Gasteiger partial charge < -0.3 is 37.9 Å². The van der Waals surface area contributed by atoms with Gasteiger partial charge in [0.05, 0.1) is 106 Å². The molecule has 0 amide bonds. The van der Waals surface area contributed by atoms with Gasteiger partial charge >= 0.3 is 0 Å². The van der Waals surface area contributed by atoms with Crippen LogP contribution in [0.5, 0.6) is 0 Å². The predicted octanol–water partition coefficient (Wildman–Crippen LogP) is 2.02. The molecule has 0 unspecified atom stereocenters. The van der Waals surface area contributed by atoms with E-state index in [1.165, 1.54) is 22.1 Å². The number of ether oxygens (including phenoxy) is 8. The summed E-state index contributed by atoms with van der Waals surface area (Å²) in [4.78, 5) is 0. The standard InChI is InChI=1S/C34H50N4O8/c1-2-6-32-31(5-1)35-9-13-39-17-21-43-25-26-45-23-19-41-15-11-37-30-38(34-8-4-3-7-33(34)37)12-16-42-20-24-46-28-27-44-22-18-40-14-10-36(32)29-35/h1-8,29-30H,9-28H2/q+2. The average Bonchev–Trinajstić information content (AvgIpc) is 3.62. The number of nitrogens with zero attached hydrogens (tertiary/aromatic N) is 4. The third kappa shape index (κ3) is 11.1. The lowest BCUT2D eigenvalue weighted by Crippen LogP contribution is -2.35. The number of fused-ring (bicyclic) bond motifs is 10. The van der Waals surface area contributed by atoms with Crippen LogP contribution in [0.1, 0.15) is 0 Å². The van der Waals surface area contributed by atoms with Crippen molar-refractivity contribution in [2.24, 2.45) is 0 Å². The molecule has 0 spiro atoms. The topological polar surface area (TPSA) is 91.5 Å². The second kappa shape index (κ2) is 20.3. The lowest BCUT2D eigenvalue weighted by Gasteiger charge is -2.07. The van der Waals surface area contributed by atoms with Gasteiger partial charge in [-0.15, -0.1) is 0 Å². The molecule has 1 aliphatic heterocycles. The van der Waals surface area contributed by atoms with Crippen molar-refractivity contribution < 1.29 is 47.0 Å². The Morgan fingerprint density at radius 1 is 0.370 bits per heavy atom.